The van der Waals surface area contributed by atoms with E-state index in [2.05, 4.69) is 31.2 Å². The molecule has 1 N–H and O–H groups in total. The van der Waals surface area contributed by atoms with Crippen LogP contribution in [0.15, 0.2) is 36.4 Å². The monoisotopic (exact) mass is 671 g/mol. The van der Waals surface area contributed by atoms with Crippen LogP contribution >= 0.6 is 0 Å². The molecular weight excluding hydrogens is 627 g/mol. The maximum absolute atomic E-state index is 14.8. The van der Waals surface area contributed by atoms with E-state index in [9.17, 15) is 18.0 Å². The van der Waals surface area contributed by atoms with Crippen molar-refractivity contribution in [1.82, 2.24) is 23.4 Å². The molecule has 3 aromatic rings. The largest absolute Gasteiger partial charge is 0.497 e. The first kappa shape index (κ1) is 30.6. The molecule has 9 rings (SSSR count). The molecule has 2 saturated carbocycles. The third-order valence-corrected chi connectivity index (χ3v) is 13.9. The maximum Gasteiger partial charge on any atom is 0.304 e. The van der Waals surface area contributed by atoms with Gasteiger partial charge in [0.05, 0.1) is 18.2 Å². The summed E-state index contributed by atoms with van der Waals surface area (Å²) in [5.74, 6) is 0.875. The Morgan fingerprint density at radius 3 is 2.52 bits per heavy atom. The van der Waals surface area contributed by atoms with Gasteiger partial charge in [0.2, 0.25) is 5.91 Å². The molecule has 0 spiro atoms. The van der Waals surface area contributed by atoms with E-state index in [0.29, 0.717) is 37.2 Å². The van der Waals surface area contributed by atoms with Gasteiger partial charge in [-0.05, 0) is 92.4 Å². The van der Waals surface area contributed by atoms with E-state index in [1.54, 1.807) is 13.2 Å². The van der Waals surface area contributed by atoms with E-state index in [1.807, 2.05) is 18.2 Å². The van der Waals surface area contributed by atoms with Gasteiger partial charge in [-0.1, -0.05) is 25.3 Å². The lowest BCUT2D eigenvalue weighted by Gasteiger charge is -2.39. The number of ether oxygens (including phenoxy) is 1. The SMILES string of the molecule is COc1ccc2c(c1)C1CC1(C(=O)N1CCN3CCC[C@H]3C1)Cn1c-2c(C2CCCCC2)c2ccc(C(=O)NS(=O)(=O)N3CCC3)cc21. The van der Waals surface area contributed by atoms with Crippen LogP contribution in [0.2, 0.25) is 0 Å². The molecule has 6 aliphatic rings. The van der Waals surface area contributed by atoms with Crippen LogP contribution in [0, 0.1) is 5.41 Å². The lowest BCUT2D eigenvalue weighted by Crippen LogP contribution is -2.54. The summed E-state index contributed by atoms with van der Waals surface area (Å²) in [5, 5.41) is 1.10. The zero-order valence-corrected chi connectivity index (χ0v) is 28.6. The highest BCUT2D eigenvalue weighted by Crippen LogP contribution is 2.66. The topological polar surface area (TPSA) is 104 Å². The van der Waals surface area contributed by atoms with Crippen molar-refractivity contribution in [3.05, 3.63) is 53.1 Å². The number of nitrogens with one attached hydrogen (secondary N) is 1. The third kappa shape index (κ3) is 4.75. The molecule has 48 heavy (non-hydrogen) atoms. The van der Waals surface area contributed by atoms with Gasteiger partial charge in [0, 0.05) is 73.3 Å². The number of nitrogens with zero attached hydrogens (tertiary/aromatic N) is 4. The van der Waals surface area contributed by atoms with Crippen LogP contribution < -0.4 is 9.46 Å². The summed E-state index contributed by atoms with van der Waals surface area (Å²) >= 11 is 0. The van der Waals surface area contributed by atoms with Gasteiger partial charge in [0.25, 0.3) is 5.91 Å². The highest BCUT2D eigenvalue weighted by Gasteiger charge is 2.64. The van der Waals surface area contributed by atoms with Crippen molar-refractivity contribution in [1.29, 1.82) is 0 Å². The van der Waals surface area contributed by atoms with Crippen molar-refractivity contribution in [3.8, 4) is 17.0 Å². The molecule has 5 fully saturated rings. The second-order valence-corrected chi connectivity index (χ2v) is 16.7. The Labute approximate surface area is 282 Å². The molecule has 2 amide bonds. The van der Waals surface area contributed by atoms with E-state index < -0.39 is 21.5 Å². The minimum absolute atomic E-state index is 0.0824. The standard InChI is InChI=1S/C37H45N5O5S/c1-47-27-11-13-28-30(20-27)31-21-37(31,36(44)40-18-17-39-14-5-9-26(39)22-40)23-42-32-19-25(35(43)38-48(45,46)41-15-6-16-41)10-12-29(32)33(34(28)42)24-7-3-2-4-8-24/h10-13,19-20,24,26,31H,2-9,14-18,21-23H2,1H3,(H,38,43)/t26-,31?,37?/m0/s1. The van der Waals surface area contributed by atoms with Crippen LogP contribution in [0.1, 0.15) is 91.1 Å². The number of piperazine rings is 1. The smallest absolute Gasteiger partial charge is 0.304 e. The number of benzene rings is 2. The van der Waals surface area contributed by atoms with Gasteiger partial charge in [-0.25, -0.2) is 4.72 Å². The number of hydrogen-bond donors (Lipinski definition) is 1. The van der Waals surface area contributed by atoms with Gasteiger partial charge >= 0.3 is 10.2 Å². The van der Waals surface area contributed by atoms with Crippen LogP contribution in [-0.4, -0.2) is 91.3 Å². The number of fused-ring (bicyclic) bond motifs is 8. The molecule has 1 aromatic heterocycles. The zero-order chi connectivity index (χ0) is 32.8. The minimum Gasteiger partial charge on any atom is -0.497 e. The molecule has 2 aromatic carbocycles. The van der Waals surface area contributed by atoms with E-state index >= 15 is 0 Å². The summed E-state index contributed by atoms with van der Waals surface area (Å²) < 4.78 is 37.4. The van der Waals surface area contributed by atoms with E-state index in [4.69, 9.17) is 4.74 Å². The van der Waals surface area contributed by atoms with E-state index in [0.717, 1.165) is 86.2 Å². The fraction of sp³-hybridized carbons (Fsp3) is 0.568. The first-order valence-electron chi connectivity index (χ1n) is 18.0. The number of carbonyl (C=O) groups excluding carboxylic acids is 2. The summed E-state index contributed by atoms with van der Waals surface area (Å²) in [5.41, 5.74) is 5.42. The van der Waals surface area contributed by atoms with Crippen molar-refractivity contribution < 1.29 is 22.7 Å². The zero-order valence-electron chi connectivity index (χ0n) is 27.7. The number of hydrogen-bond acceptors (Lipinski definition) is 6. The van der Waals surface area contributed by atoms with E-state index in [1.165, 1.54) is 41.1 Å². The summed E-state index contributed by atoms with van der Waals surface area (Å²) in [4.78, 5) is 33.0. The van der Waals surface area contributed by atoms with Gasteiger partial charge in [0.15, 0.2) is 0 Å². The second-order valence-electron chi connectivity index (χ2n) is 15.1. The molecule has 10 nitrogen and oxygen atoms in total. The summed E-state index contributed by atoms with van der Waals surface area (Å²) in [6, 6.07) is 12.5. The van der Waals surface area contributed by atoms with Gasteiger partial charge in [-0.2, -0.15) is 12.7 Å². The average Bonchev–Trinajstić information content (AvgIpc) is 3.48. The fourth-order valence-electron chi connectivity index (χ4n) is 9.68. The second kappa shape index (κ2) is 11.3. The predicted molar refractivity (Wildman–Crippen MR) is 183 cm³/mol. The third-order valence-electron chi connectivity index (χ3n) is 12.5. The lowest BCUT2D eigenvalue weighted by atomic mass is 9.81. The summed E-state index contributed by atoms with van der Waals surface area (Å²) in [6.45, 7) is 5.01. The molecule has 3 saturated heterocycles. The normalized spacial score (nSPS) is 27.3. The highest BCUT2D eigenvalue weighted by atomic mass is 32.2. The first-order chi connectivity index (χ1) is 23.3. The average molecular weight is 672 g/mol. The predicted octanol–water partition coefficient (Wildman–Crippen LogP) is 4.84. The molecule has 3 atom stereocenters. The minimum atomic E-state index is -3.89. The number of methoxy groups -OCH3 is 1. The summed E-state index contributed by atoms with van der Waals surface area (Å²) in [6.07, 6.45) is 9.73. The van der Waals surface area contributed by atoms with Gasteiger partial charge in [-0.3, -0.25) is 14.5 Å². The van der Waals surface area contributed by atoms with Crippen LogP contribution in [0.4, 0.5) is 0 Å². The molecule has 0 bridgehead atoms. The Hall–Kier alpha value is -3.41. The number of aromatic nitrogens is 1. The molecule has 2 aliphatic carbocycles. The molecule has 2 unspecified atom stereocenters. The van der Waals surface area contributed by atoms with Crippen molar-refractivity contribution in [2.75, 3.05) is 46.4 Å². The van der Waals surface area contributed by atoms with Crippen LogP contribution in [-0.2, 0) is 21.5 Å². The Balaban J connectivity index is 1.19. The molecule has 254 valence electrons. The van der Waals surface area contributed by atoms with Crippen molar-refractivity contribution >= 4 is 32.9 Å². The molecule has 5 heterocycles. The van der Waals surface area contributed by atoms with Gasteiger partial charge in [0.1, 0.15) is 5.75 Å². The Kier molecular flexibility index (Phi) is 7.22. The van der Waals surface area contributed by atoms with Crippen LogP contribution in [0.5, 0.6) is 5.75 Å². The van der Waals surface area contributed by atoms with Crippen LogP contribution in [0.25, 0.3) is 22.2 Å². The van der Waals surface area contributed by atoms with Crippen LogP contribution in [0.3, 0.4) is 0 Å². The first-order valence-corrected chi connectivity index (χ1v) is 19.4. The lowest BCUT2D eigenvalue weighted by molar-refractivity contribution is -0.140. The molecule has 4 aliphatic heterocycles. The quantitative estimate of drug-likeness (QED) is 0.403. The van der Waals surface area contributed by atoms with Crippen molar-refractivity contribution in [3.63, 3.8) is 0 Å². The van der Waals surface area contributed by atoms with Gasteiger partial charge in [-0.15, -0.1) is 0 Å². The van der Waals surface area contributed by atoms with Gasteiger partial charge < -0.3 is 14.2 Å². The Morgan fingerprint density at radius 1 is 0.917 bits per heavy atom. The van der Waals surface area contributed by atoms with Crippen molar-refractivity contribution in [2.45, 2.75) is 82.2 Å². The molecule has 0 radical (unpaired) electrons. The maximum atomic E-state index is 14.8. The molecular formula is C37H45N5O5S. The van der Waals surface area contributed by atoms with Crippen molar-refractivity contribution in [2.24, 2.45) is 5.41 Å². The Morgan fingerprint density at radius 2 is 1.75 bits per heavy atom. The number of amides is 2. The number of carbonyl (C=O) groups is 2. The Bertz CT molecular complexity index is 1930. The van der Waals surface area contributed by atoms with E-state index in [-0.39, 0.29) is 11.8 Å². The fourth-order valence-corrected chi connectivity index (χ4v) is 10.9. The number of rotatable bonds is 6. The highest BCUT2D eigenvalue weighted by molar-refractivity contribution is 7.87. The summed E-state index contributed by atoms with van der Waals surface area (Å²) in [7, 11) is -2.19. The molecule has 11 heteroatoms.